The molecule has 0 aromatic heterocycles. The molecule has 0 unspecified atom stereocenters. The van der Waals surface area contributed by atoms with E-state index in [9.17, 15) is 13.2 Å². The van der Waals surface area contributed by atoms with Gasteiger partial charge in [0.05, 0.1) is 5.75 Å². The topological polar surface area (TPSA) is 90.9 Å². The molecule has 0 aliphatic carbocycles. The highest BCUT2D eigenvalue weighted by Crippen LogP contribution is 2.22. The minimum absolute atomic E-state index is 0. The van der Waals surface area contributed by atoms with Crippen molar-refractivity contribution >= 4 is 51.4 Å². The number of nitrogens with one attached hydrogen (secondary N) is 2. The molecule has 7 nitrogen and oxygen atoms in total. The van der Waals surface area contributed by atoms with Gasteiger partial charge in [0.25, 0.3) is 0 Å². The second kappa shape index (κ2) is 11.1. The van der Waals surface area contributed by atoms with Gasteiger partial charge in [-0.15, -0.1) is 24.0 Å². The van der Waals surface area contributed by atoms with Gasteiger partial charge in [-0.05, 0) is 36.0 Å². The zero-order valence-electron chi connectivity index (χ0n) is 17.7. The Labute approximate surface area is 191 Å². The minimum atomic E-state index is -2.96. The van der Waals surface area contributed by atoms with Crippen LogP contribution in [0.5, 0.6) is 0 Å². The van der Waals surface area contributed by atoms with Crippen LogP contribution in [0.15, 0.2) is 29.3 Å². The predicted molar refractivity (Wildman–Crippen MR) is 130 cm³/mol. The molecule has 0 atom stereocenters. The third-order valence-electron chi connectivity index (χ3n) is 4.89. The Morgan fingerprint density at radius 3 is 2.38 bits per heavy atom. The molecule has 0 saturated carbocycles. The predicted octanol–water partition coefficient (Wildman–Crippen LogP) is 2.56. The van der Waals surface area contributed by atoms with Crippen LogP contribution >= 0.6 is 24.0 Å². The third-order valence-corrected chi connectivity index (χ3v) is 5.83. The molecule has 1 fully saturated rings. The molecule has 0 spiro atoms. The van der Waals surface area contributed by atoms with E-state index in [1.165, 1.54) is 6.26 Å². The Bertz CT molecular complexity index is 808. The number of benzene rings is 1. The van der Waals surface area contributed by atoms with Gasteiger partial charge in [-0.3, -0.25) is 9.79 Å². The molecule has 1 amide bonds. The molecule has 2 N–H and O–H groups in total. The van der Waals surface area contributed by atoms with Gasteiger partial charge >= 0.3 is 0 Å². The second-order valence-electron chi connectivity index (χ2n) is 8.14. The lowest BCUT2D eigenvalue weighted by Crippen LogP contribution is -2.42. The van der Waals surface area contributed by atoms with Crippen LogP contribution in [0.2, 0.25) is 0 Å². The van der Waals surface area contributed by atoms with Crippen LogP contribution in [0.25, 0.3) is 0 Å². The van der Waals surface area contributed by atoms with E-state index in [2.05, 4.69) is 15.6 Å². The monoisotopic (exact) mass is 536 g/mol. The van der Waals surface area contributed by atoms with Crippen LogP contribution in [0.3, 0.4) is 0 Å². The van der Waals surface area contributed by atoms with Crippen LogP contribution in [-0.2, 0) is 21.2 Å². The Kier molecular flexibility index (Phi) is 9.87. The molecule has 1 saturated heterocycles. The standard InChI is InChI=1S/C20H32N4O3S.HI/c1-20(2,11-13-28(4,26)27)15-23-19(21-3)22-14-16-7-9-17(10-8-16)24-12-5-6-18(24)25;/h7-10H,5-6,11-15H2,1-4H3,(H2,21,22,23);1H. The van der Waals surface area contributed by atoms with Gasteiger partial charge in [-0.2, -0.15) is 0 Å². The van der Waals surface area contributed by atoms with Crippen LogP contribution < -0.4 is 15.5 Å². The van der Waals surface area contributed by atoms with Gasteiger partial charge in [-0.1, -0.05) is 26.0 Å². The first kappa shape index (κ1) is 25.7. The lowest BCUT2D eigenvalue weighted by Gasteiger charge is -2.25. The first-order chi connectivity index (χ1) is 13.1. The van der Waals surface area contributed by atoms with Gasteiger partial charge < -0.3 is 15.5 Å². The minimum Gasteiger partial charge on any atom is -0.356 e. The van der Waals surface area contributed by atoms with E-state index in [0.717, 1.165) is 24.2 Å². The largest absolute Gasteiger partial charge is 0.356 e. The molecular weight excluding hydrogens is 503 g/mol. The first-order valence-corrected chi connectivity index (χ1v) is 11.7. The molecule has 1 aromatic rings. The molecule has 164 valence electrons. The van der Waals surface area contributed by atoms with Crippen molar-refractivity contribution in [2.24, 2.45) is 10.4 Å². The number of rotatable bonds is 8. The summed E-state index contributed by atoms with van der Waals surface area (Å²) in [6.45, 7) is 6.10. The number of aliphatic imine (C=N–C) groups is 1. The van der Waals surface area contributed by atoms with Crippen molar-refractivity contribution in [3.63, 3.8) is 0 Å². The summed E-state index contributed by atoms with van der Waals surface area (Å²) >= 11 is 0. The second-order valence-corrected chi connectivity index (χ2v) is 10.4. The average Bonchev–Trinajstić information content (AvgIpc) is 3.06. The van der Waals surface area contributed by atoms with E-state index < -0.39 is 9.84 Å². The summed E-state index contributed by atoms with van der Waals surface area (Å²) < 4.78 is 22.8. The number of hydrogen-bond acceptors (Lipinski definition) is 4. The van der Waals surface area contributed by atoms with E-state index >= 15 is 0 Å². The summed E-state index contributed by atoms with van der Waals surface area (Å²) in [7, 11) is -1.25. The van der Waals surface area contributed by atoms with Crippen molar-refractivity contribution in [2.75, 3.05) is 37.0 Å². The Hall–Kier alpha value is -1.36. The summed E-state index contributed by atoms with van der Waals surface area (Å²) in [5.41, 5.74) is 1.88. The van der Waals surface area contributed by atoms with E-state index in [-0.39, 0.29) is 41.1 Å². The Balaban J connectivity index is 0.00000420. The van der Waals surface area contributed by atoms with E-state index in [1.807, 2.05) is 43.0 Å². The van der Waals surface area contributed by atoms with Gasteiger partial charge in [0.15, 0.2) is 5.96 Å². The van der Waals surface area contributed by atoms with E-state index in [4.69, 9.17) is 0 Å². The molecule has 1 aromatic carbocycles. The number of carbonyl (C=O) groups excluding carboxylic acids is 1. The number of hydrogen-bond donors (Lipinski definition) is 2. The zero-order valence-corrected chi connectivity index (χ0v) is 20.8. The number of anilines is 1. The SMILES string of the molecule is CN=C(NCc1ccc(N2CCCC2=O)cc1)NCC(C)(C)CCS(C)(=O)=O.I. The fraction of sp³-hybridized carbons (Fsp3) is 0.600. The summed E-state index contributed by atoms with van der Waals surface area (Å²) in [5.74, 6) is 1.04. The summed E-state index contributed by atoms with van der Waals surface area (Å²) in [6, 6.07) is 7.98. The number of sulfone groups is 1. The molecule has 2 rings (SSSR count). The fourth-order valence-electron chi connectivity index (χ4n) is 2.99. The maximum atomic E-state index is 11.8. The van der Waals surface area contributed by atoms with Crippen molar-refractivity contribution in [1.29, 1.82) is 0 Å². The molecule has 9 heteroatoms. The maximum absolute atomic E-state index is 11.8. The normalized spacial score (nSPS) is 15.2. The highest BCUT2D eigenvalue weighted by atomic mass is 127. The fourth-order valence-corrected chi connectivity index (χ4v) is 3.92. The van der Waals surface area contributed by atoms with Crippen LogP contribution in [0.4, 0.5) is 5.69 Å². The lowest BCUT2D eigenvalue weighted by molar-refractivity contribution is -0.117. The molecule has 29 heavy (non-hydrogen) atoms. The van der Waals surface area contributed by atoms with E-state index in [0.29, 0.717) is 31.9 Å². The third kappa shape index (κ3) is 8.90. The molecule has 1 aliphatic heterocycles. The van der Waals surface area contributed by atoms with Crippen molar-refractivity contribution in [3.05, 3.63) is 29.8 Å². The van der Waals surface area contributed by atoms with Gasteiger partial charge in [0, 0.05) is 45.0 Å². The smallest absolute Gasteiger partial charge is 0.227 e. The van der Waals surface area contributed by atoms with Crippen molar-refractivity contribution in [2.45, 2.75) is 39.7 Å². The van der Waals surface area contributed by atoms with Crippen molar-refractivity contribution in [1.82, 2.24) is 10.6 Å². The number of carbonyl (C=O) groups is 1. The van der Waals surface area contributed by atoms with Gasteiger partial charge in [0.1, 0.15) is 9.84 Å². The highest BCUT2D eigenvalue weighted by molar-refractivity contribution is 14.0. The van der Waals surface area contributed by atoms with E-state index in [1.54, 1.807) is 7.05 Å². The quantitative estimate of drug-likeness (QED) is 0.303. The van der Waals surface area contributed by atoms with Gasteiger partial charge in [0.2, 0.25) is 5.91 Å². The van der Waals surface area contributed by atoms with Crippen LogP contribution in [0, 0.1) is 5.41 Å². The Morgan fingerprint density at radius 1 is 1.21 bits per heavy atom. The Morgan fingerprint density at radius 2 is 1.86 bits per heavy atom. The lowest BCUT2D eigenvalue weighted by atomic mass is 9.90. The molecule has 0 bridgehead atoms. The highest BCUT2D eigenvalue weighted by Gasteiger charge is 2.22. The first-order valence-electron chi connectivity index (χ1n) is 9.61. The molecular formula is C20H33IN4O3S. The number of amides is 1. The van der Waals surface area contributed by atoms with Crippen LogP contribution in [0.1, 0.15) is 38.7 Å². The molecule has 0 radical (unpaired) electrons. The van der Waals surface area contributed by atoms with Gasteiger partial charge in [-0.25, -0.2) is 8.42 Å². The zero-order chi connectivity index (χ0) is 20.8. The number of nitrogens with zero attached hydrogens (tertiary/aromatic N) is 2. The summed E-state index contributed by atoms with van der Waals surface area (Å²) in [4.78, 5) is 17.9. The molecule has 1 aliphatic rings. The summed E-state index contributed by atoms with van der Waals surface area (Å²) in [6.07, 6.45) is 3.41. The maximum Gasteiger partial charge on any atom is 0.227 e. The number of halogens is 1. The number of guanidine groups is 1. The van der Waals surface area contributed by atoms with Crippen LogP contribution in [-0.4, -0.2) is 52.4 Å². The van der Waals surface area contributed by atoms with Crippen molar-refractivity contribution in [3.8, 4) is 0 Å². The summed E-state index contributed by atoms with van der Waals surface area (Å²) in [5, 5.41) is 6.54. The van der Waals surface area contributed by atoms with Crippen molar-refractivity contribution < 1.29 is 13.2 Å². The molecule has 1 heterocycles. The average molecular weight is 536 g/mol.